The minimum Gasteiger partial charge on any atom is -0.497 e. The molecule has 3 rings (SSSR count). The number of carbonyl (C=O) groups is 1. The molecule has 0 amide bonds. The number of methoxy groups -OCH3 is 1. The molecule has 2 aromatic carbocycles. The van der Waals surface area contributed by atoms with Gasteiger partial charge in [-0.3, -0.25) is 4.79 Å². The van der Waals surface area contributed by atoms with Crippen LogP contribution in [0.2, 0.25) is 0 Å². The molecule has 0 aliphatic rings. The zero-order valence-corrected chi connectivity index (χ0v) is 15.0. The van der Waals surface area contributed by atoms with Crippen LogP contribution in [0.25, 0.3) is 11.5 Å². The number of aromatic nitrogens is 2. The third-order valence-electron chi connectivity index (χ3n) is 2.98. The summed E-state index contributed by atoms with van der Waals surface area (Å²) < 4.78 is 11.8. The van der Waals surface area contributed by atoms with Crippen LogP contribution in [0.4, 0.5) is 0 Å². The Bertz CT molecular complexity index is 833. The number of hydrogen-bond acceptors (Lipinski definition) is 6. The summed E-state index contributed by atoms with van der Waals surface area (Å²) in [4.78, 5) is 12.2. The van der Waals surface area contributed by atoms with E-state index in [0.29, 0.717) is 17.2 Å². The fourth-order valence-electron chi connectivity index (χ4n) is 1.85. The molecule has 0 radical (unpaired) electrons. The van der Waals surface area contributed by atoms with E-state index < -0.39 is 0 Å². The Labute approximate surface area is 150 Å². The standard InChI is InChI=1S/C16H11IN2O3S/c1-21-13-4-2-3-11(9-13)14-18-19-16(22-14)23-15(20)10-5-7-12(17)8-6-10/h2-9H,1H3. The first-order valence-electron chi connectivity index (χ1n) is 6.61. The van der Waals surface area contributed by atoms with Gasteiger partial charge in [0.2, 0.25) is 11.0 Å². The number of thioether (sulfide) groups is 1. The van der Waals surface area contributed by atoms with E-state index in [4.69, 9.17) is 9.15 Å². The predicted octanol–water partition coefficient (Wildman–Crippen LogP) is 4.28. The molecule has 0 saturated carbocycles. The first-order valence-corrected chi connectivity index (χ1v) is 8.51. The molecule has 0 bridgehead atoms. The quantitative estimate of drug-likeness (QED) is 0.448. The van der Waals surface area contributed by atoms with Gasteiger partial charge in [0, 0.05) is 26.5 Å². The van der Waals surface area contributed by atoms with E-state index in [1.165, 1.54) is 0 Å². The Morgan fingerprint density at radius 1 is 1.17 bits per heavy atom. The largest absolute Gasteiger partial charge is 0.497 e. The molecular weight excluding hydrogens is 427 g/mol. The fourth-order valence-corrected chi connectivity index (χ4v) is 2.82. The number of halogens is 1. The molecule has 0 saturated heterocycles. The van der Waals surface area contributed by atoms with Crippen molar-refractivity contribution in [1.82, 2.24) is 10.2 Å². The average Bonchev–Trinajstić information content (AvgIpc) is 3.04. The van der Waals surface area contributed by atoms with Gasteiger partial charge in [0.25, 0.3) is 5.22 Å². The van der Waals surface area contributed by atoms with Crippen LogP contribution in [0.3, 0.4) is 0 Å². The normalized spacial score (nSPS) is 10.5. The summed E-state index contributed by atoms with van der Waals surface area (Å²) in [5.41, 5.74) is 1.34. The molecular formula is C16H11IN2O3S. The lowest BCUT2D eigenvalue weighted by atomic mass is 10.2. The molecule has 23 heavy (non-hydrogen) atoms. The highest BCUT2D eigenvalue weighted by molar-refractivity contribution is 14.1. The van der Waals surface area contributed by atoms with Gasteiger partial charge in [0.05, 0.1) is 7.11 Å². The summed E-state index contributed by atoms with van der Waals surface area (Å²) in [6.45, 7) is 0. The molecule has 0 atom stereocenters. The maximum atomic E-state index is 12.2. The minimum atomic E-state index is -0.137. The Morgan fingerprint density at radius 3 is 2.70 bits per heavy atom. The van der Waals surface area contributed by atoms with Crippen molar-refractivity contribution in [2.75, 3.05) is 7.11 Å². The number of nitrogens with zero attached hydrogens (tertiary/aromatic N) is 2. The molecule has 7 heteroatoms. The second-order valence-electron chi connectivity index (χ2n) is 4.50. The van der Waals surface area contributed by atoms with Crippen molar-refractivity contribution < 1.29 is 13.9 Å². The third-order valence-corrected chi connectivity index (χ3v) is 4.46. The van der Waals surface area contributed by atoms with Crippen LogP contribution >= 0.6 is 34.4 Å². The van der Waals surface area contributed by atoms with Gasteiger partial charge in [0.15, 0.2) is 0 Å². The van der Waals surface area contributed by atoms with Gasteiger partial charge in [-0.25, -0.2) is 0 Å². The second kappa shape index (κ2) is 7.14. The molecule has 1 aromatic heterocycles. The molecule has 116 valence electrons. The molecule has 0 fully saturated rings. The predicted molar refractivity (Wildman–Crippen MR) is 95.6 cm³/mol. The van der Waals surface area contributed by atoms with E-state index in [1.54, 1.807) is 25.3 Å². The van der Waals surface area contributed by atoms with Crippen molar-refractivity contribution in [2.45, 2.75) is 5.22 Å². The average molecular weight is 438 g/mol. The van der Waals surface area contributed by atoms with Gasteiger partial charge in [-0.15, -0.1) is 10.2 Å². The smallest absolute Gasteiger partial charge is 0.284 e. The Balaban J connectivity index is 1.76. The minimum absolute atomic E-state index is 0.137. The lowest BCUT2D eigenvalue weighted by molar-refractivity contribution is 0.108. The topological polar surface area (TPSA) is 65.2 Å². The molecule has 0 unspecified atom stereocenters. The summed E-state index contributed by atoms with van der Waals surface area (Å²) in [6, 6.07) is 14.6. The highest BCUT2D eigenvalue weighted by Gasteiger charge is 2.15. The highest BCUT2D eigenvalue weighted by atomic mass is 127. The zero-order chi connectivity index (χ0) is 16.2. The fraction of sp³-hybridized carbons (Fsp3) is 0.0625. The second-order valence-corrected chi connectivity index (χ2v) is 6.67. The number of carbonyl (C=O) groups excluding carboxylic acids is 1. The van der Waals surface area contributed by atoms with Crippen molar-refractivity contribution in [3.05, 3.63) is 57.7 Å². The van der Waals surface area contributed by atoms with Gasteiger partial charge in [-0.1, -0.05) is 6.07 Å². The van der Waals surface area contributed by atoms with Crippen LogP contribution in [0.15, 0.2) is 58.2 Å². The van der Waals surface area contributed by atoms with E-state index >= 15 is 0 Å². The monoisotopic (exact) mass is 438 g/mol. The maximum Gasteiger partial charge on any atom is 0.284 e. The van der Waals surface area contributed by atoms with Gasteiger partial charge >= 0.3 is 0 Å². The summed E-state index contributed by atoms with van der Waals surface area (Å²) in [5.74, 6) is 1.05. The van der Waals surface area contributed by atoms with Crippen molar-refractivity contribution in [1.29, 1.82) is 0 Å². The number of benzene rings is 2. The van der Waals surface area contributed by atoms with Crippen molar-refractivity contribution in [3.63, 3.8) is 0 Å². The van der Waals surface area contributed by atoms with Crippen LogP contribution in [0.5, 0.6) is 5.75 Å². The molecule has 5 nitrogen and oxygen atoms in total. The van der Waals surface area contributed by atoms with Crippen molar-refractivity contribution in [2.24, 2.45) is 0 Å². The molecule has 0 aliphatic heterocycles. The lowest BCUT2D eigenvalue weighted by Crippen LogP contribution is -1.92. The Hall–Kier alpha value is -1.87. The van der Waals surface area contributed by atoms with Gasteiger partial charge in [-0.2, -0.15) is 0 Å². The van der Waals surface area contributed by atoms with Crippen LogP contribution in [-0.2, 0) is 0 Å². The SMILES string of the molecule is COc1cccc(-c2nnc(SC(=O)c3ccc(I)cc3)o2)c1. The third kappa shape index (κ3) is 3.91. The van der Waals surface area contributed by atoms with Gasteiger partial charge in [0.1, 0.15) is 5.75 Å². The summed E-state index contributed by atoms with van der Waals surface area (Å²) >= 11 is 3.10. The van der Waals surface area contributed by atoms with E-state index in [0.717, 1.165) is 20.9 Å². The summed E-state index contributed by atoms with van der Waals surface area (Å²) in [7, 11) is 1.59. The summed E-state index contributed by atoms with van der Waals surface area (Å²) in [5, 5.41) is 7.97. The molecule has 0 spiro atoms. The number of ether oxygens (including phenoxy) is 1. The van der Waals surface area contributed by atoms with E-state index in [9.17, 15) is 4.79 Å². The number of hydrogen-bond donors (Lipinski definition) is 0. The molecule has 3 aromatic rings. The van der Waals surface area contributed by atoms with Crippen LogP contribution in [0, 0.1) is 3.57 Å². The van der Waals surface area contributed by atoms with E-state index in [-0.39, 0.29) is 10.3 Å². The molecule has 0 N–H and O–H groups in total. The molecule has 1 heterocycles. The maximum absolute atomic E-state index is 12.2. The highest BCUT2D eigenvalue weighted by Crippen LogP contribution is 2.27. The van der Waals surface area contributed by atoms with Crippen molar-refractivity contribution >= 4 is 39.5 Å². The van der Waals surface area contributed by atoms with E-state index in [2.05, 4.69) is 32.8 Å². The van der Waals surface area contributed by atoms with Crippen LogP contribution < -0.4 is 4.74 Å². The Morgan fingerprint density at radius 2 is 1.96 bits per heavy atom. The lowest BCUT2D eigenvalue weighted by Gasteiger charge is -2.00. The Kier molecular flexibility index (Phi) is 4.97. The van der Waals surface area contributed by atoms with E-state index in [1.807, 2.05) is 30.3 Å². The first-order chi connectivity index (χ1) is 11.2. The van der Waals surface area contributed by atoms with Crippen molar-refractivity contribution in [3.8, 4) is 17.2 Å². The first kappa shape index (κ1) is 16.0. The summed E-state index contributed by atoms with van der Waals surface area (Å²) in [6.07, 6.45) is 0. The van der Waals surface area contributed by atoms with Crippen LogP contribution in [0.1, 0.15) is 10.4 Å². The van der Waals surface area contributed by atoms with Crippen LogP contribution in [-0.4, -0.2) is 22.4 Å². The van der Waals surface area contributed by atoms with Gasteiger partial charge < -0.3 is 9.15 Å². The number of rotatable bonds is 4. The zero-order valence-electron chi connectivity index (χ0n) is 12.0. The van der Waals surface area contributed by atoms with Gasteiger partial charge in [-0.05, 0) is 65.1 Å². The molecule has 0 aliphatic carbocycles.